The van der Waals surface area contributed by atoms with Gasteiger partial charge in [0.1, 0.15) is 5.75 Å². The standard InChI is InChI=1S/C17H24N4O/c18-14-20-15-19-8-5-11-22-17-7-4-6-16(12-17)13-21-9-2-1-3-10-21/h4,6-7,12,15H,1-3,5,8-11,13H2,(H,19,20). The van der Waals surface area contributed by atoms with Gasteiger partial charge in [-0.2, -0.15) is 5.26 Å². The number of nitrogens with one attached hydrogen (secondary N) is 1. The van der Waals surface area contributed by atoms with Gasteiger partial charge in [0.2, 0.25) is 0 Å². The molecule has 1 aromatic carbocycles. The molecule has 1 N–H and O–H groups in total. The van der Waals surface area contributed by atoms with Crippen LogP contribution in [0.15, 0.2) is 29.3 Å². The van der Waals surface area contributed by atoms with Crippen molar-refractivity contribution in [2.75, 3.05) is 26.2 Å². The minimum Gasteiger partial charge on any atom is -0.494 e. The van der Waals surface area contributed by atoms with Gasteiger partial charge in [0, 0.05) is 19.5 Å². The average Bonchev–Trinajstić information content (AvgIpc) is 2.55. The number of aliphatic imine (C=N–C) groups is 1. The van der Waals surface area contributed by atoms with Crippen molar-refractivity contribution in [1.29, 1.82) is 5.26 Å². The molecule has 1 aromatic rings. The van der Waals surface area contributed by atoms with Crippen molar-refractivity contribution in [1.82, 2.24) is 10.2 Å². The van der Waals surface area contributed by atoms with Gasteiger partial charge in [-0.25, -0.2) is 0 Å². The zero-order chi connectivity index (χ0) is 15.5. The molecule has 0 aliphatic carbocycles. The summed E-state index contributed by atoms with van der Waals surface area (Å²) in [6.07, 6.45) is 8.04. The Morgan fingerprint density at radius 2 is 2.18 bits per heavy atom. The Bertz CT molecular complexity index is 504. The Morgan fingerprint density at radius 3 is 3.00 bits per heavy atom. The van der Waals surface area contributed by atoms with Crippen LogP contribution in [-0.2, 0) is 6.54 Å². The second-order valence-corrected chi connectivity index (χ2v) is 5.48. The van der Waals surface area contributed by atoms with Crippen LogP contribution in [0.5, 0.6) is 5.75 Å². The van der Waals surface area contributed by atoms with Gasteiger partial charge in [0.15, 0.2) is 6.19 Å². The number of likely N-dealkylation sites (tertiary alicyclic amines) is 1. The molecule has 1 fully saturated rings. The van der Waals surface area contributed by atoms with Crippen LogP contribution in [0, 0.1) is 11.5 Å². The summed E-state index contributed by atoms with van der Waals surface area (Å²) in [5.41, 5.74) is 1.32. The zero-order valence-electron chi connectivity index (χ0n) is 13.0. The summed E-state index contributed by atoms with van der Waals surface area (Å²) in [4.78, 5) is 6.56. The fraction of sp³-hybridized carbons (Fsp3) is 0.529. The van der Waals surface area contributed by atoms with Gasteiger partial charge in [-0.1, -0.05) is 18.6 Å². The molecule has 2 rings (SSSR count). The normalized spacial score (nSPS) is 15.6. The van der Waals surface area contributed by atoms with Gasteiger partial charge in [-0.05, 0) is 43.6 Å². The number of ether oxygens (including phenoxy) is 1. The van der Waals surface area contributed by atoms with Crippen LogP contribution in [-0.4, -0.2) is 37.5 Å². The van der Waals surface area contributed by atoms with E-state index >= 15 is 0 Å². The van der Waals surface area contributed by atoms with Crippen LogP contribution >= 0.6 is 0 Å². The van der Waals surface area contributed by atoms with Gasteiger partial charge in [0.25, 0.3) is 0 Å². The summed E-state index contributed by atoms with van der Waals surface area (Å²) < 4.78 is 5.76. The maximum atomic E-state index is 8.28. The molecule has 1 aliphatic heterocycles. The largest absolute Gasteiger partial charge is 0.494 e. The number of hydrogen-bond donors (Lipinski definition) is 1. The molecule has 0 amide bonds. The summed E-state index contributed by atoms with van der Waals surface area (Å²) in [5.74, 6) is 0.925. The van der Waals surface area contributed by atoms with Crippen molar-refractivity contribution in [3.63, 3.8) is 0 Å². The SMILES string of the molecule is N#CNC=NCCCOc1cccc(CN2CCCCC2)c1. The van der Waals surface area contributed by atoms with E-state index in [0.29, 0.717) is 13.2 Å². The van der Waals surface area contributed by atoms with Crippen molar-refractivity contribution < 1.29 is 4.74 Å². The molecule has 0 aromatic heterocycles. The fourth-order valence-electron chi connectivity index (χ4n) is 2.59. The van der Waals surface area contributed by atoms with E-state index < -0.39 is 0 Å². The van der Waals surface area contributed by atoms with Gasteiger partial charge in [0.05, 0.1) is 12.9 Å². The van der Waals surface area contributed by atoms with Crippen LogP contribution in [0.4, 0.5) is 0 Å². The molecule has 5 nitrogen and oxygen atoms in total. The first-order valence-corrected chi connectivity index (χ1v) is 7.95. The van der Waals surface area contributed by atoms with E-state index in [2.05, 4.69) is 33.4 Å². The Balaban J connectivity index is 1.70. The lowest BCUT2D eigenvalue weighted by atomic mass is 10.1. The van der Waals surface area contributed by atoms with Crippen molar-refractivity contribution in [2.24, 2.45) is 4.99 Å². The molecule has 0 radical (unpaired) electrons. The molecule has 1 aliphatic rings. The molecule has 0 spiro atoms. The number of nitrogens with zero attached hydrogens (tertiary/aromatic N) is 3. The molecule has 118 valence electrons. The van der Waals surface area contributed by atoms with Crippen molar-refractivity contribution >= 4 is 6.34 Å². The quantitative estimate of drug-likeness (QED) is 0.263. The molecule has 5 heteroatoms. The average molecular weight is 300 g/mol. The Hall–Kier alpha value is -2.06. The first kappa shape index (κ1) is 16.3. The number of rotatable bonds is 8. The summed E-state index contributed by atoms with van der Waals surface area (Å²) in [6, 6.07) is 8.36. The molecular formula is C17H24N4O. The predicted octanol–water partition coefficient (Wildman–Crippen LogP) is 2.54. The van der Waals surface area contributed by atoms with Crippen molar-refractivity contribution in [3.05, 3.63) is 29.8 Å². The third kappa shape index (κ3) is 6.15. The fourth-order valence-corrected chi connectivity index (χ4v) is 2.59. The molecule has 1 heterocycles. The summed E-state index contributed by atoms with van der Waals surface area (Å²) in [7, 11) is 0. The van der Waals surface area contributed by atoms with Gasteiger partial charge >= 0.3 is 0 Å². The second-order valence-electron chi connectivity index (χ2n) is 5.48. The monoisotopic (exact) mass is 300 g/mol. The zero-order valence-corrected chi connectivity index (χ0v) is 13.0. The number of piperidine rings is 1. The van der Waals surface area contributed by atoms with Crippen molar-refractivity contribution in [3.8, 4) is 11.9 Å². The lowest BCUT2D eigenvalue weighted by molar-refractivity contribution is 0.220. The first-order chi connectivity index (χ1) is 10.9. The van der Waals surface area contributed by atoms with Crippen LogP contribution in [0.25, 0.3) is 0 Å². The lowest BCUT2D eigenvalue weighted by Gasteiger charge is -2.26. The van der Waals surface area contributed by atoms with E-state index in [4.69, 9.17) is 10.00 Å². The Kier molecular flexibility index (Phi) is 7.27. The van der Waals surface area contributed by atoms with E-state index in [1.165, 1.54) is 44.3 Å². The number of nitriles is 1. The van der Waals surface area contributed by atoms with E-state index in [1.807, 2.05) is 6.07 Å². The van der Waals surface area contributed by atoms with E-state index in [1.54, 1.807) is 6.19 Å². The minimum atomic E-state index is 0.636. The van der Waals surface area contributed by atoms with Gasteiger partial charge in [-0.3, -0.25) is 15.2 Å². The van der Waals surface area contributed by atoms with Crippen LogP contribution in [0.3, 0.4) is 0 Å². The summed E-state index contributed by atoms with van der Waals surface area (Å²) in [6.45, 7) is 4.72. The van der Waals surface area contributed by atoms with Crippen LogP contribution in [0.1, 0.15) is 31.2 Å². The second kappa shape index (κ2) is 9.80. The van der Waals surface area contributed by atoms with Gasteiger partial charge < -0.3 is 4.74 Å². The highest BCUT2D eigenvalue weighted by molar-refractivity contribution is 5.56. The maximum absolute atomic E-state index is 8.28. The van der Waals surface area contributed by atoms with E-state index in [0.717, 1.165) is 18.7 Å². The molecule has 0 bridgehead atoms. The maximum Gasteiger partial charge on any atom is 0.182 e. The number of hydrogen-bond acceptors (Lipinski definition) is 4. The van der Waals surface area contributed by atoms with Gasteiger partial charge in [-0.15, -0.1) is 0 Å². The third-order valence-electron chi connectivity index (χ3n) is 3.67. The van der Waals surface area contributed by atoms with Crippen molar-refractivity contribution in [2.45, 2.75) is 32.2 Å². The van der Waals surface area contributed by atoms with E-state index in [-0.39, 0.29) is 0 Å². The molecular weight excluding hydrogens is 276 g/mol. The highest BCUT2D eigenvalue weighted by Crippen LogP contribution is 2.17. The smallest absolute Gasteiger partial charge is 0.182 e. The molecule has 22 heavy (non-hydrogen) atoms. The van der Waals surface area contributed by atoms with Crippen LogP contribution < -0.4 is 10.1 Å². The van der Waals surface area contributed by atoms with E-state index in [9.17, 15) is 0 Å². The summed E-state index contributed by atoms with van der Waals surface area (Å²) in [5, 5.41) is 10.7. The number of benzene rings is 1. The molecule has 0 atom stereocenters. The molecule has 1 saturated heterocycles. The highest BCUT2D eigenvalue weighted by Gasteiger charge is 2.10. The molecule has 0 unspecified atom stereocenters. The lowest BCUT2D eigenvalue weighted by Crippen LogP contribution is -2.29. The summed E-state index contributed by atoms with van der Waals surface area (Å²) >= 11 is 0. The third-order valence-corrected chi connectivity index (χ3v) is 3.67. The molecule has 0 saturated carbocycles. The van der Waals surface area contributed by atoms with Crippen LogP contribution in [0.2, 0.25) is 0 Å². The predicted molar refractivity (Wildman–Crippen MR) is 87.8 cm³/mol. The minimum absolute atomic E-state index is 0.636. The first-order valence-electron chi connectivity index (χ1n) is 7.95. The topological polar surface area (TPSA) is 60.6 Å². The Morgan fingerprint density at radius 1 is 1.32 bits per heavy atom. The Labute approximate surface area is 132 Å². The highest BCUT2D eigenvalue weighted by atomic mass is 16.5.